The minimum Gasteiger partial charge on any atom is -0.505 e. The Morgan fingerprint density at radius 2 is 1.94 bits per heavy atom. The van der Waals surface area contributed by atoms with Crippen molar-refractivity contribution >= 4 is 11.8 Å². The predicted octanol–water partition coefficient (Wildman–Crippen LogP) is -0.505. The van der Waals surface area contributed by atoms with E-state index < -0.39 is 42.1 Å². The lowest BCUT2D eigenvalue weighted by atomic mass is 9.53. The molecular weight excluding hydrogens is 462 g/mol. The van der Waals surface area contributed by atoms with Crippen molar-refractivity contribution in [2.75, 3.05) is 20.7 Å². The third-order valence-corrected chi connectivity index (χ3v) is 8.03. The molecule has 0 amide bonds. The van der Waals surface area contributed by atoms with Crippen LogP contribution in [0.2, 0.25) is 0 Å². The van der Waals surface area contributed by atoms with Crippen LogP contribution in [0, 0.1) is 5.92 Å². The molecule has 35 heavy (non-hydrogen) atoms. The third-order valence-electron chi connectivity index (χ3n) is 8.03. The number of rotatable bonds is 4. The second kappa shape index (κ2) is 8.45. The highest BCUT2D eigenvalue weighted by Gasteiger charge is 2.57. The van der Waals surface area contributed by atoms with E-state index in [1.807, 2.05) is 13.1 Å². The number of likely N-dealkylation sites (tertiary alicyclic amines) is 1. The van der Waals surface area contributed by atoms with E-state index in [2.05, 4.69) is 4.90 Å². The Balaban J connectivity index is 1.64. The van der Waals surface area contributed by atoms with Gasteiger partial charge in [-0.05, 0) is 44.1 Å². The highest BCUT2D eigenvalue weighted by atomic mass is 16.7. The summed E-state index contributed by atoms with van der Waals surface area (Å²) in [6.45, 7) is 0.702. The Labute approximate surface area is 201 Å². The van der Waals surface area contributed by atoms with Crippen molar-refractivity contribution in [2.24, 2.45) is 5.92 Å². The summed E-state index contributed by atoms with van der Waals surface area (Å²) in [5.74, 6) is -1.90. The number of Topliss-reactive ketones (excluding diaryl/α,β-unsaturated/α-hetero) is 1. The van der Waals surface area contributed by atoms with Crippen LogP contribution in [-0.4, -0.2) is 99.6 Å². The number of piperidine rings is 1. The summed E-state index contributed by atoms with van der Waals surface area (Å²) < 4.78 is 17.0. The van der Waals surface area contributed by atoms with Crippen molar-refractivity contribution in [3.8, 4) is 11.5 Å². The van der Waals surface area contributed by atoms with Gasteiger partial charge in [-0.2, -0.15) is 0 Å². The topological polar surface area (TPSA) is 166 Å². The number of ketones is 1. The Bertz CT molecular complexity index is 1090. The van der Waals surface area contributed by atoms with Gasteiger partial charge in [0.05, 0.1) is 7.11 Å². The minimum absolute atomic E-state index is 0.0395. The smallest absolute Gasteiger partial charge is 0.335 e. The maximum absolute atomic E-state index is 12.7. The number of allylic oxidation sites excluding steroid dienone is 1. The molecule has 2 bridgehead atoms. The van der Waals surface area contributed by atoms with Crippen LogP contribution in [0.25, 0.3) is 0 Å². The molecule has 2 aliphatic heterocycles. The van der Waals surface area contributed by atoms with E-state index in [0.29, 0.717) is 24.9 Å². The number of aliphatic hydroxyl groups excluding tert-OH is 4. The summed E-state index contributed by atoms with van der Waals surface area (Å²) in [6, 6.07) is 3.62. The molecule has 11 nitrogen and oxygen atoms in total. The second-order valence-electron chi connectivity index (χ2n) is 9.82. The maximum Gasteiger partial charge on any atom is 0.335 e. The standard InChI is InChI=1S/C24H29NO10/c1-25-6-5-24-9-14(27)13(26)8-11(24)12(25)7-10-3-4-15(33-2)20(16(10)24)34-23-19(30)17(28)18(29)21(35-23)22(31)32/h3-4,8,11-12,17-19,21,23,26,28-30H,5-7,9H2,1-2H3,(H,31,32)/t11?,12?,17-,18-,19+,21-,23?,24?/m0/s1. The van der Waals surface area contributed by atoms with Crippen LogP contribution in [0.15, 0.2) is 24.0 Å². The number of benzene rings is 1. The summed E-state index contributed by atoms with van der Waals surface area (Å²) in [4.78, 5) is 26.5. The number of carboxylic acid groups (broad SMARTS) is 1. The number of carbonyl (C=O) groups excluding carboxylic acids is 1. The summed E-state index contributed by atoms with van der Waals surface area (Å²) in [7, 11) is 3.44. The first-order valence-electron chi connectivity index (χ1n) is 11.5. The van der Waals surface area contributed by atoms with E-state index in [4.69, 9.17) is 14.2 Å². The van der Waals surface area contributed by atoms with E-state index in [1.54, 1.807) is 12.1 Å². The molecule has 2 fully saturated rings. The monoisotopic (exact) mass is 491 g/mol. The molecule has 0 saturated carbocycles. The molecule has 8 atom stereocenters. The van der Waals surface area contributed by atoms with Gasteiger partial charge in [0.2, 0.25) is 6.29 Å². The summed E-state index contributed by atoms with van der Waals surface area (Å²) in [5, 5.41) is 50.5. The molecule has 2 aliphatic carbocycles. The number of likely N-dealkylation sites (N-methyl/N-ethyl adjacent to an activating group) is 1. The fourth-order valence-corrected chi connectivity index (χ4v) is 6.22. The Morgan fingerprint density at radius 3 is 2.63 bits per heavy atom. The number of ether oxygens (including phenoxy) is 3. The molecule has 1 aromatic rings. The quantitative estimate of drug-likeness (QED) is 0.368. The molecule has 1 aromatic carbocycles. The molecule has 2 saturated heterocycles. The van der Waals surface area contributed by atoms with E-state index in [9.17, 15) is 35.1 Å². The number of aliphatic hydroxyl groups is 4. The lowest BCUT2D eigenvalue weighted by Crippen LogP contribution is -2.62. The van der Waals surface area contributed by atoms with Crippen LogP contribution < -0.4 is 9.47 Å². The van der Waals surface area contributed by atoms with Crippen LogP contribution in [0.4, 0.5) is 0 Å². The summed E-state index contributed by atoms with van der Waals surface area (Å²) >= 11 is 0. The maximum atomic E-state index is 12.7. The first-order chi connectivity index (χ1) is 16.6. The zero-order chi connectivity index (χ0) is 25.2. The van der Waals surface area contributed by atoms with Crippen molar-refractivity contribution in [1.29, 1.82) is 0 Å². The van der Waals surface area contributed by atoms with Gasteiger partial charge in [0, 0.05) is 29.4 Å². The molecule has 11 heteroatoms. The molecule has 0 radical (unpaired) electrons. The molecule has 4 aliphatic rings. The van der Waals surface area contributed by atoms with Gasteiger partial charge in [0.25, 0.3) is 0 Å². The van der Waals surface area contributed by atoms with E-state index in [0.717, 1.165) is 5.56 Å². The van der Waals surface area contributed by atoms with E-state index >= 15 is 0 Å². The Morgan fingerprint density at radius 1 is 1.20 bits per heavy atom. The lowest BCUT2D eigenvalue weighted by Gasteiger charge is -2.56. The van der Waals surface area contributed by atoms with Crippen molar-refractivity contribution in [2.45, 2.75) is 61.4 Å². The van der Waals surface area contributed by atoms with Gasteiger partial charge >= 0.3 is 5.97 Å². The molecular formula is C24H29NO10. The molecule has 5 N–H and O–H groups in total. The highest BCUT2D eigenvalue weighted by molar-refractivity contribution is 5.95. The van der Waals surface area contributed by atoms with Crippen molar-refractivity contribution in [3.63, 3.8) is 0 Å². The van der Waals surface area contributed by atoms with Gasteiger partial charge in [-0.25, -0.2) is 4.79 Å². The number of hydrogen-bond acceptors (Lipinski definition) is 10. The summed E-state index contributed by atoms with van der Waals surface area (Å²) in [6.07, 6.45) is -6.02. The van der Waals surface area contributed by atoms with Gasteiger partial charge in [0.1, 0.15) is 18.3 Å². The zero-order valence-corrected chi connectivity index (χ0v) is 19.3. The van der Waals surface area contributed by atoms with Crippen LogP contribution in [-0.2, 0) is 26.2 Å². The number of aliphatic carboxylic acids is 1. The van der Waals surface area contributed by atoms with Crippen LogP contribution in [0.1, 0.15) is 24.0 Å². The molecule has 2 heterocycles. The molecule has 190 valence electrons. The van der Waals surface area contributed by atoms with E-state index in [1.165, 1.54) is 7.11 Å². The zero-order valence-electron chi connectivity index (χ0n) is 19.3. The number of nitrogens with zero attached hydrogens (tertiary/aromatic N) is 1. The van der Waals surface area contributed by atoms with Gasteiger partial charge in [-0.3, -0.25) is 4.79 Å². The van der Waals surface area contributed by atoms with Gasteiger partial charge in [-0.1, -0.05) is 6.07 Å². The number of fused-ring (bicyclic) bond motifs is 1. The number of carbonyl (C=O) groups is 2. The van der Waals surface area contributed by atoms with Gasteiger partial charge in [-0.15, -0.1) is 0 Å². The van der Waals surface area contributed by atoms with Crippen LogP contribution in [0.5, 0.6) is 11.5 Å². The fourth-order valence-electron chi connectivity index (χ4n) is 6.22. The van der Waals surface area contributed by atoms with Crippen molar-refractivity contribution in [1.82, 2.24) is 4.90 Å². The number of carboxylic acids is 1. The lowest BCUT2D eigenvalue weighted by molar-refractivity contribution is -0.271. The second-order valence-corrected chi connectivity index (χ2v) is 9.82. The van der Waals surface area contributed by atoms with Gasteiger partial charge < -0.3 is 44.6 Å². The van der Waals surface area contributed by atoms with Crippen LogP contribution in [0.3, 0.4) is 0 Å². The largest absolute Gasteiger partial charge is 0.505 e. The fraction of sp³-hybridized carbons (Fsp3) is 0.583. The molecule has 0 aromatic heterocycles. The number of hydrogen-bond donors (Lipinski definition) is 5. The molecule has 4 unspecified atom stereocenters. The molecule has 5 rings (SSSR count). The normalized spacial score (nSPS) is 38.7. The first kappa shape index (κ1) is 24.0. The third kappa shape index (κ3) is 3.53. The van der Waals surface area contributed by atoms with E-state index in [-0.39, 0.29) is 41.4 Å². The first-order valence-corrected chi connectivity index (χ1v) is 11.5. The van der Waals surface area contributed by atoms with Crippen molar-refractivity contribution in [3.05, 3.63) is 35.1 Å². The van der Waals surface area contributed by atoms with Crippen LogP contribution >= 0.6 is 0 Å². The Kier molecular flexibility index (Phi) is 5.80. The highest BCUT2D eigenvalue weighted by Crippen LogP contribution is 2.58. The average Bonchev–Trinajstić information content (AvgIpc) is 2.82. The summed E-state index contributed by atoms with van der Waals surface area (Å²) in [5.41, 5.74) is 0.866. The number of methoxy groups -OCH3 is 1. The average molecular weight is 491 g/mol. The van der Waals surface area contributed by atoms with Gasteiger partial charge in [0.15, 0.2) is 29.1 Å². The van der Waals surface area contributed by atoms with Crippen molar-refractivity contribution < 1.29 is 49.3 Å². The molecule has 0 spiro atoms. The SMILES string of the molecule is COc1ccc2c(c1OC1O[C@H](C(=O)O)[C@@H](O)[C@H](O)[C@H]1O)C13CCN(C)C(C2)C1C=C(O)C(=O)C3. The Hall–Kier alpha value is -2.70. The minimum atomic E-state index is -1.85. The predicted molar refractivity (Wildman–Crippen MR) is 118 cm³/mol.